The zero-order chi connectivity index (χ0) is 12.8. The fourth-order valence-electron chi connectivity index (χ4n) is 1.53. The number of nitrogens with one attached hydrogen (secondary N) is 1. The Morgan fingerprint density at radius 3 is 2.82 bits per heavy atom. The minimum Gasteiger partial charge on any atom is -0.389 e. The summed E-state index contributed by atoms with van der Waals surface area (Å²) in [5.74, 6) is 0.668. The number of thioether (sulfide) groups is 1. The summed E-state index contributed by atoms with van der Waals surface area (Å²) in [6.07, 6.45) is 3.05. The average Bonchev–Trinajstić information content (AvgIpc) is 2.30. The Morgan fingerprint density at radius 2 is 2.29 bits per heavy atom. The van der Waals surface area contributed by atoms with Gasteiger partial charge in [-0.1, -0.05) is 19.1 Å². The molecular weight excluding hydrogens is 255 g/mol. The molecule has 0 aromatic heterocycles. The molecule has 0 radical (unpaired) electrons. The van der Waals surface area contributed by atoms with Crippen LogP contribution >= 0.6 is 24.0 Å². The standard InChI is InChI=1S/C12H17FN2S2/c1-3-9(7-17-2)15-11-5-4-8(13)6-10(11)12(14)16/h4-6,9,15H,3,7H2,1-2H3,(H2,14,16). The van der Waals surface area contributed by atoms with Crippen molar-refractivity contribution in [1.82, 2.24) is 0 Å². The molecule has 1 aromatic carbocycles. The molecule has 0 heterocycles. The van der Waals surface area contributed by atoms with Crippen molar-refractivity contribution in [2.45, 2.75) is 19.4 Å². The van der Waals surface area contributed by atoms with Gasteiger partial charge < -0.3 is 11.1 Å². The molecule has 0 aliphatic carbocycles. The van der Waals surface area contributed by atoms with Crippen LogP contribution in [0.5, 0.6) is 0 Å². The van der Waals surface area contributed by atoms with Gasteiger partial charge in [-0.15, -0.1) is 0 Å². The van der Waals surface area contributed by atoms with E-state index in [1.54, 1.807) is 17.8 Å². The average molecular weight is 272 g/mol. The summed E-state index contributed by atoms with van der Waals surface area (Å²) in [4.78, 5) is 0.214. The lowest BCUT2D eigenvalue weighted by Crippen LogP contribution is -2.23. The van der Waals surface area contributed by atoms with Gasteiger partial charge in [0.05, 0.1) is 0 Å². The Bertz CT molecular complexity index is 396. The molecule has 0 fully saturated rings. The van der Waals surface area contributed by atoms with Gasteiger partial charge >= 0.3 is 0 Å². The number of thiocarbonyl (C=S) groups is 1. The highest BCUT2D eigenvalue weighted by Crippen LogP contribution is 2.19. The summed E-state index contributed by atoms with van der Waals surface area (Å²) in [7, 11) is 0. The number of anilines is 1. The van der Waals surface area contributed by atoms with Gasteiger partial charge in [0.2, 0.25) is 0 Å². The van der Waals surface area contributed by atoms with Gasteiger partial charge in [-0.3, -0.25) is 0 Å². The highest BCUT2D eigenvalue weighted by molar-refractivity contribution is 7.98. The van der Waals surface area contributed by atoms with Crippen LogP contribution in [0.4, 0.5) is 10.1 Å². The van der Waals surface area contributed by atoms with E-state index in [9.17, 15) is 4.39 Å². The molecular formula is C12H17FN2S2. The minimum absolute atomic E-state index is 0.214. The van der Waals surface area contributed by atoms with E-state index >= 15 is 0 Å². The van der Waals surface area contributed by atoms with Crippen LogP contribution in [-0.2, 0) is 0 Å². The maximum absolute atomic E-state index is 13.1. The Balaban J connectivity index is 2.92. The van der Waals surface area contributed by atoms with Crippen LogP contribution < -0.4 is 11.1 Å². The van der Waals surface area contributed by atoms with E-state index in [2.05, 4.69) is 18.5 Å². The second kappa shape index (κ2) is 6.81. The third kappa shape index (κ3) is 4.16. The smallest absolute Gasteiger partial charge is 0.124 e. The molecule has 3 N–H and O–H groups in total. The Labute approximate surface area is 111 Å². The Kier molecular flexibility index (Phi) is 5.71. The lowest BCUT2D eigenvalue weighted by molar-refractivity contribution is 0.627. The van der Waals surface area contributed by atoms with Gasteiger partial charge in [0.15, 0.2) is 0 Å². The SMILES string of the molecule is CCC(CSC)Nc1ccc(F)cc1C(N)=S. The second-order valence-electron chi connectivity index (χ2n) is 3.76. The molecule has 17 heavy (non-hydrogen) atoms. The van der Waals surface area contributed by atoms with Crippen LogP contribution in [0.3, 0.4) is 0 Å². The lowest BCUT2D eigenvalue weighted by Gasteiger charge is -2.19. The minimum atomic E-state index is -0.323. The molecule has 1 rings (SSSR count). The molecule has 1 unspecified atom stereocenters. The van der Waals surface area contributed by atoms with Crippen molar-refractivity contribution < 1.29 is 4.39 Å². The van der Waals surface area contributed by atoms with E-state index in [1.807, 2.05) is 0 Å². The zero-order valence-corrected chi connectivity index (χ0v) is 11.6. The van der Waals surface area contributed by atoms with E-state index < -0.39 is 0 Å². The number of hydrogen-bond acceptors (Lipinski definition) is 3. The second-order valence-corrected chi connectivity index (χ2v) is 5.11. The predicted molar refractivity (Wildman–Crippen MR) is 78.4 cm³/mol. The quantitative estimate of drug-likeness (QED) is 0.781. The molecule has 0 aliphatic heterocycles. The predicted octanol–water partition coefficient (Wildman–Crippen LogP) is 3.01. The maximum Gasteiger partial charge on any atom is 0.124 e. The van der Waals surface area contributed by atoms with Crippen molar-refractivity contribution in [2.24, 2.45) is 5.73 Å². The van der Waals surface area contributed by atoms with Crippen LogP contribution in [0.25, 0.3) is 0 Å². The molecule has 5 heteroatoms. The number of rotatable bonds is 6. The van der Waals surface area contributed by atoms with E-state index in [-0.39, 0.29) is 10.8 Å². The molecule has 1 atom stereocenters. The van der Waals surface area contributed by atoms with Crippen molar-refractivity contribution in [3.8, 4) is 0 Å². The molecule has 0 saturated heterocycles. The molecule has 0 amide bonds. The molecule has 0 saturated carbocycles. The molecule has 1 aromatic rings. The fraction of sp³-hybridized carbons (Fsp3) is 0.417. The van der Waals surface area contributed by atoms with Crippen molar-refractivity contribution in [3.63, 3.8) is 0 Å². The summed E-state index contributed by atoms with van der Waals surface area (Å²) in [6.45, 7) is 2.11. The number of nitrogens with two attached hydrogens (primary N) is 1. The van der Waals surface area contributed by atoms with Crippen LogP contribution in [0.15, 0.2) is 18.2 Å². The van der Waals surface area contributed by atoms with Crippen LogP contribution in [0, 0.1) is 5.82 Å². The van der Waals surface area contributed by atoms with Gasteiger partial charge in [0.1, 0.15) is 10.8 Å². The van der Waals surface area contributed by atoms with Crippen molar-refractivity contribution in [2.75, 3.05) is 17.3 Å². The van der Waals surface area contributed by atoms with E-state index in [0.29, 0.717) is 11.6 Å². The summed E-state index contributed by atoms with van der Waals surface area (Å²) >= 11 is 6.70. The van der Waals surface area contributed by atoms with Crippen molar-refractivity contribution >= 4 is 34.7 Å². The third-order valence-corrected chi connectivity index (χ3v) is 3.42. The number of benzene rings is 1. The molecule has 0 bridgehead atoms. The monoisotopic (exact) mass is 272 g/mol. The number of halogens is 1. The van der Waals surface area contributed by atoms with Crippen LogP contribution in [0.2, 0.25) is 0 Å². The highest BCUT2D eigenvalue weighted by Gasteiger charge is 2.11. The maximum atomic E-state index is 13.1. The summed E-state index contributed by atoms with van der Waals surface area (Å²) in [5.41, 5.74) is 6.97. The van der Waals surface area contributed by atoms with Gasteiger partial charge in [-0.05, 0) is 30.9 Å². The first-order valence-electron chi connectivity index (χ1n) is 5.43. The summed E-state index contributed by atoms with van der Waals surface area (Å²) in [5, 5.41) is 3.35. The van der Waals surface area contributed by atoms with Crippen molar-refractivity contribution in [3.05, 3.63) is 29.6 Å². The molecule has 0 spiro atoms. The molecule has 94 valence electrons. The molecule has 0 aliphatic rings. The Morgan fingerprint density at radius 1 is 1.59 bits per heavy atom. The van der Waals surface area contributed by atoms with E-state index in [0.717, 1.165) is 17.9 Å². The van der Waals surface area contributed by atoms with Crippen molar-refractivity contribution in [1.29, 1.82) is 0 Å². The zero-order valence-electron chi connectivity index (χ0n) is 10.00. The fourth-order valence-corrected chi connectivity index (χ4v) is 2.42. The van der Waals surface area contributed by atoms with Crippen LogP contribution in [-0.4, -0.2) is 23.0 Å². The molecule has 2 nitrogen and oxygen atoms in total. The lowest BCUT2D eigenvalue weighted by atomic mass is 10.1. The first-order chi connectivity index (χ1) is 8.08. The van der Waals surface area contributed by atoms with Crippen LogP contribution in [0.1, 0.15) is 18.9 Å². The summed E-state index contributed by atoms with van der Waals surface area (Å²) in [6, 6.07) is 4.81. The van der Waals surface area contributed by atoms with E-state index in [4.69, 9.17) is 18.0 Å². The van der Waals surface area contributed by atoms with Gasteiger partial charge in [-0.25, -0.2) is 4.39 Å². The van der Waals surface area contributed by atoms with E-state index in [1.165, 1.54) is 12.1 Å². The van der Waals surface area contributed by atoms with Gasteiger partial charge in [0.25, 0.3) is 0 Å². The third-order valence-electron chi connectivity index (χ3n) is 2.47. The Hall–Kier alpha value is -0.810. The first-order valence-corrected chi connectivity index (χ1v) is 7.23. The number of hydrogen-bond donors (Lipinski definition) is 2. The highest BCUT2D eigenvalue weighted by atomic mass is 32.2. The summed E-state index contributed by atoms with van der Waals surface area (Å²) < 4.78 is 13.1. The van der Waals surface area contributed by atoms with Gasteiger partial charge in [0, 0.05) is 23.0 Å². The topological polar surface area (TPSA) is 38.0 Å². The normalized spacial score (nSPS) is 12.2. The van der Waals surface area contributed by atoms with Gasteiger partial charge in [-0.2, -0.15) is 11.8 Å². The largest absolute Gasteiger partial charge is 0.389 e. The first kappa shape index (κ1) is 14.3.